The molecule has 1 aromatic carbocycles. The molecular weight excluding hydrogens is 537 g/mol. The first-order chi connectivity index (χ1) is 13.1. The van der Waals surface area contributed by atoms with Crippen LogP contribution >= 0.6 is 39.9 Å². The van der Waals surface area contributed by atoms with Gasteiger partial charge in [0.05, 0.1) is 25.5 Å². The molecule has 0 unspecified atom stereocenters. The Bertz CT molecular complexity index is 786. The normalized spacial score (nSPS) is 14.6. The van der Waals surface area contributed by atoms with Crippen molar-refractivity contribution in [2.75, 3.05) is 38.3 Å². The van der Waals surface area contributed by atoms with E-state index in [9.17, 15) is 0 Å². The number of nitrogens with one attached hydrogen (secondary N) is 2. The smallest absolute Gasteiger partial charge is 0.214 e. The van der Waals surface area contributed by atoms with E-state index in [0.717, 1.165) is 42.2 Å². The summed E-state index contributed by atoms with van der Waals surface area (Å²) in [6.07, 6.45) is 0. The molecule has 2 N–H and O–H groups in total. The maximum Gasteiger partial charge on any atom is 0.214 e. The number of hydrogen-bond donors (Lipinski definition) is 2. The van der Waals surface area contributed by atoms with Crippen LogP contribution in [0.1, 0.15) is 22.9 Å². The van der Waals surface area contributed by atoms with Crippen LogP contribution in [0.2, 0.25) is 0 Å². The molecule has 2 aromatic rings. The SMILES string of the molecule is CN=C(NCc1nc(C)c(C)o1)NCc1ccc(Br)cc1N1CCOCC1.I. The molecule has 1 saturated heterocycles. The molecule has 0 radical (unpaired) electrons. The molecule has 154 valence electrons. The Kier molecular flexibility index (Phi) is 9.03. The van der Waals surface area contributed by atoms with E-state index >= 15 is 0 Å². The molecule has 0 saturated carbocycles. The molecule has 3 rings (SSSR count). The van der Waals surface area contributed by atoms with Crippen molar-refractivity contribution in [1.29, 1.82) is 0 Å². The number of ether oxygens (including phenoxy) is 1. The van der Waals surface area contributed by atoms with Gasteiger partial charge in [-0.15, -0.1) is 24.0 Å². The van der Waals surface area contributed by atoms with Crippen LogP contribution in [0.25, 0.3) is 0 Å². The zero-order valence-corrected chi connectivity index (χ0v) is 20.3. The van der Waals surface area contributed by atoms with E-state index in [1.54, 1.807) is 7.05 Å². The zero-order chi connectivity index (χ0) is 19.2. The summed E-state index contributed by atoms with van der Waals surface area (Å²) in [6.45, 7) is 8.34. The van der Waals surface area contributed by atoms with Crippen molar-refractivity contribution < 1.29 is 9.15 Å². The molecule has 0 amide bonds. The van der Waals surface area contributed by atoms with Crippen LogP contribution in [0.5, 0.6) is 0 Å². The second-order valence-corrected chi connectivity index (χ2v) is 7.32. The van der Waals surface area contributed by atoms with Gasteiger partial charge in [-0.2, -0.15) is 0 Å². The topological polar surface area (TPSA) is 74.9 Å². The first-order valence-corrected chi connectivity index (χ1v) is 9.84. The lowest BCUT2D eigenvalue weighted by Crippen LogP contribution is -2.39. The number of benzene rings is 1. The van der Waals surface area contributed by atoms with Crippen molar-refractivity contribution in [3.63, 3.8) is 0 Å². The second kappa shape index (κ2) is 11.0. The van der Waals surface area contributed by atoms with Gasteiger partial charge >= 0.3 is 0 Å². The molecule has 1 aliphatic rings. The van der Waals surface area contributed by atoms with E-state index in [1.165, 1.54) is 11.3 Å². The highest BCUT2D eigenvalue weighted by Gasteiger charge is 2.15. The van der Waals surface area contributed by atoms with Crippen LogP contribution in [0.15, 0.2) is 32.1 Å². The van der Waals surface area contributed by atoms with E-state index < -0.39 is 0 Å². The minimum atomic E-state index is 0. The standard InChI is InChI=1S/C19H26BrN5O2.HI/c1-13-14(2)27-18(24-13)12-23-19(21-3)22-11-15-4-5-16(20)10-17(15)25-6-8-26-9-7-25;/h4-5,10H,6-9,11-12H2,1-3H3,(H2,21,22,23);1H. The summed E-state index contributed by atoms with van der Waals surface area (Å²) in [5, 5.41) is 6.62. The lowest BCUT2D eigenvalue weighted by molar-refractivity contribution is 0.122. The number of halogens is 2. The fourth-order valence-corrected chi connectivity index (χ4v) is 3.31. The average molecular weight is 564 g/mol. The van der Waals surface area contributed by atoms with E-state index in [0.29, 0.717) is 24.9 Å². The molecule has 7 nitrogen and oxygen atoms in total. The number of rotatable bonds is 5. The molecule has 1 aromatic heterocycles. The summed E-state index contributed by atoms with van der Waals surface area (Å²) in [5.74, 6) is 2.21. The summed E-state index contributed by atoms with van der Waals surface area (Å²) in [7, 11) is 1.76. The lowest BCUT2D eigenvalue weighted by atomic mass is 10.1. The third-order valence-electron chi connectivity index (χ3n) is 4.55. The highest BCUT2D eigenvalue weighted by atomic mass is 127. The fraction of sp³-hybridized carbons (Fsp3) is 0.474. The molecular formula is C19H27BrIN5O2. The van der Waals surface area contributed by atoms with E-state index in [2.05, 4.69) is 59.6 Å². The van der Waals surface area contributed by atoms with E-state index in [-0.39, 0.29) is 24.0 Å². The molecule has 1 aliphatic heterocycles. The molecule has 2 heterocycles. The summed E-state index contributed by atoms with van der Waals surface area (Å²) in [4.78, 5) is 11.0. The second-order valence-electron chi connectivity index (χ2n) is 6.40. The maximum atomic E-state index is 5.60. The Labute approximate surface area is 191 Å². The third-order valence-corrected chi connectivity index (χ3v) is 5.04. The lowest BCUT2D eigenvalue weighted by Gasteiger charge is -2.31. The number of morpholine rings is 1. The number of nitrogens with zero attached hydrogens (tertiary/aromatic N) is 3. The van der Waals surface area contributed by atoms with E-state index in [1.807, 2.05) is 13.8 Å². The number of aliphatic imine (C=N–C) groups is 1. The van der Waals surface area contributed by atoms with Crippen molar-refractivity contribution in [1.82, 2.24) is 15.6 Å². The van der Waals surface area contributed by atoms with Gasteiger partial charge in [0.15, 0.2) is 5.96 Å². The summed E-state index contributed by atoms with van der Waals surface area (Å²) in [6, 6.07) is 6.36. The number of hydrogen-bond acceptors (Lipinski definition) is 5. The molecule has 9 heteroatoms. The van der Waals surface area contributed by atoms with Crippen molar-refractivity contribution in [3.05, 3.63) is 45.6 Å². The van der Waals surface area contributed by atoms with Gasteiger partial charge in [-0.05, 0) is 31.5 Å². The Morgan fingerprint density at radius 2 is 1.93 bits per heavy atom. The average Bonchev–Trinajstić information content (AvgIpc) is 3.01. The summed E-state index contributed by atoms with van der Waals surface area (Å²) in [5.41, 5.74) is 3.35. The Morgan fingerprint density at radius 1 is 1.21 bits per heavy atom. The van der Waals surface area contributed by atoms with Crippen molar-refractivity contribution in [2.45, 2.75) is 26.9 Å². The van der Waals surface area contributed by atoms with Gasteiger partial charge in [0.2, 0.25) is 5.89 Å². The van der Waals surface area contributed by atoms with Gasteiger partial charge < -0.3 is 24.7 Å². The first kappa shape index (κ1) is 23.0. The van der Waals surface area contributed by atoms with Gasteiger partial charge in [-0.25, -0.2) is 4.98 Å². The van der Waals surface area contributed by atoms with E-state index in [4.69, 9.17) is 9.15 Å². The van der Waals surface area contributed by atoms with Gasteiger partial charge in [0.1, 0.15) is 5.76 Å². The van der Waals surface area contributed by atoms with Crippen LogP contribution in [0.4, 0.5) is 5.69 Å². The fourth-order valence-electron chi connectivity index (χ4n) is 2.96. The van der Waals surface area contributed by atoms with Gasteiger partial charge in [-0.3, -0.25) is 4.99 Å². The predicted octanol–water partition coefficient (Wildman–Crippen LogP) is 3.37. The highest BCUT2D eigenvalue weighted by molar-refractivity contribution is 14.0. The predicted molar refractivity (Wildman–Crippen MR) is 126 cm³/mol. The van der Waals surface area contributed by atoms with Crippen LogP contribution in [-0.2, 0) is 17.8 Å². The van der Waals surface area contributed by atoms with Gasteiger partial charge in [0.25, 0.3) is 0 Å². The quantitative estimate of drug-likeness (QED) is 0.330. The van der Waals surface area contributed by atoms with Crippen LogP contribution in [-0.4, -0.2) is 44.3 Å². The Morgan fingerprint density at radius 3 is 2.57 bits per heavy atom. The van der Waals surface area contributed by atoms with Crippen LogP contribution in [0.3, 0.4) is 0 Å². The number of oxazole rings is 1. The van der Waals surface area contributed by atoms with Crippen molar-refractivity contribution in [2.24, 2.45) is 4.99 Å². The van der Waals surface area contributed by atoms with Crippen LogP contribution < -0.4 is 15.5 Å². The monoisotopic (exact) mass is 563 g/mol. The number of aryl methyl sites for hydroxylation is 2. The Hall–Kier alpha value is -1.33. The molecule has 0 spiro atoms. The van der Waals surface area contributed by atoms with Crippen molar-refractivity contribution >= 4 is 51.6 Å². The molecule has 0 atom stereocenters. The third kappa shape index (κ3) is 6.08. The van der Waals surface area contributed by atoms with Gasteiger partial charge in [0, 0.05) is 36.8 Å². The minimum absolute atomic E-state index is 0. The zero-order valence-electron chi connectivity index (χ0n) is 16.4. The highest BCUT2D eigenvalue weighted by Crippen LogP contribution is 2.26. The van der Waals surface area contributed by atoms with Crippen molar-refractivity contribution in [3.8, 4) is 0 Å². The largest absolute Gasteiger partial charge is 0.444 e. The number of aromatic nitrogens is 1. The van der Waals surface area contributed by atoms with Crippen LogP contribution in [0, 0.1) is 13.8 Å². The molecule has 0 aliphatic carbocycles. The molecule has 0 bridgehead atoms. The first-order valence-electron chi connectivity index (χ1n) is 9.05. The summed E-state index contributed by atoms with van der Waals surface area (Å²) < 4.78 is 12.2. The number of anilines is 1. The Balaban J connectivity index is 0.00000280. The number of guanidine groups is 1. The van der Waals surface area contributed by atoms with Gasteiger partial charge in [-0.1, -0.05) is 22.0 Å². The summed E-state index contributed by atoms with van der Waals surface area (Å²) >= 11 is 3.58. The maximum absolute atomic E-state index is 5.60. The molecule has 1 fully saturated rings. The molecule has 28 heavy (non-hydrogen) atoms. The minimum Gasteiger partial charge on any atom is -0.444 e.